The smallest absolute Gasteiger partial charge is 0.325 e. The van der Waals surface area contributed by atoms with Crippen LogP contribution in [0.1, 0.15) is 12.5 Å². The number of nitrogens with one attached hydrogen (secondary N) is 1. The molecule has 0 bridgehead atoms. The van der Waals surface area contributed by atoms with Crippen molar-refractivity contribution >= 4 is 18.0 Å². The van der Waals surface area contributed by atoms with Crippen molar-refractivity contribution in [2.75, 3.05) is 0 Å². The fourth-order valence-corrected chi connectivity index (χ4v) is 1.02. The maximum atomic E-state index is 11.2. The van der Waals surface area contributed by atoms with E-state index >= 15 is 0 Å². The van der Waals surface area contributed by atoms with Crippen molar-refractivity contribution in [2.45, 2.75) is 13.0 Å². The normalized spacial score (nSPS) is 12.6. The number of hydrogen-bond acceptors (Lipinski definition) is 3. The van der Waals surface area contributed by atoms with E-state index in [1.165, 1.54) is 13.0 Å². The van der Waals surface area contributed by atoms with Crippen molar-refractivity contribution in [3.63, 3.8) is 0 Å². The largest absolute Gasteiger partial charge is 0.480 e. The van der Waals surface area contributed by atoms with E-state index in [2.05, 4.69) is 10.4 Å². The van der Waals surface area contributed by atoms with Gasteiger partial charge in [0.15, 0.2) is 0 Å². The standard InChI is InChI=1S/C10H13N3O3/c1-7(10(15)16)12-9(14)4-3-8-5-11-13(2)6-8/h3-7H,1-2H3,(H,12,14)(H,15,16)/t7-/m1/s1. The number of carboxylic acids is 1. The molecule has 0 aliphatic heterocycles. The summed E-state index contributed by atoms with van der Waals surface area (Å²) in [6, 6.07) is -0.897. The van der Waals surface area contributed by atoms with E-state index in [0.29, 0.717) is 0 Å². The first kappa shape index (κ1) is 12.0. The van der Waals surface area contributed by atoms with E-state index in [1.54, 1.807) is 30.2 Å². The molecule has 1 aromatic rings. The Labute approximate surface area is 92.6 Å². The molecule has 1 rings (SSSR count). The highest BCUT2D eigenvalue weighted by Crippen LogP contribution is 1.98. The Morgan fingerprint density at radius 2 is 2.31 bits per heavy atom. The molecule has 0 aliphatic carbocycles. The summed E-state index contributed by atoms with van der Waals surface area (Å²) in [7, 11) is 1.77. The molecule has 86 valence electrons. The van der Waals surface area contributed by atoms with Gasteiger partial charge in [-0.1, -0.05) is 0 Å². The number of aromatic nitrogens is 2. The summed E-state index contributed by atoms with van der Waals surface area (Å²) in [5, 5.41) is 14.8. The minimum absolute atomic E-state index is 0.446. The maximum Gasteiger partial charge on any atom is 0.325 e. The molecular formula is C10H13N3O3. The van der Waals surface area contributed by atoms with Gasteiger partial charge in [0.05, 0.1) is 6.20 Å². The molecule has 0 aliphatic rings. The molecule has 1 heterocycles. The summed E-state index contributed by atoms with van der Waals surface area (Å²) in [4.78, 5) is 21.7. The first-order valence-corrected chi connectivity index (χ1v) is 4.69. The van der Waals surface area contributed by atoms with Gasteiger partial charge >= 0.3 is 5.97 Å². The van der Waals surface area contributed by atoms with Gasteiger partial charge in [-0.25, -0.2) is 0 Å². The Morgan fingerprint density at radius 3 is 2.81 bits per heavy atom. The molecule has 0 saturated carbocycles. The first-order chi connectivity index (χ1) is 7.49. The zero-order valence-corrected chi connectivity index (χ0v) is 9.04. The lowest BCUT2D eigenvalue weighted by atomic mass is 10.3. The summed E-state index contributed by atoms with van der Waals surface area (Å²) in [5.74, 6) is -1.51. The monoisotopic (exact) mass is 223 g/mol. The van der Waals surface area contributed by atoms with Gasteiger partial charge in [-0.2, -0.15) is 5.10 Å². The van der Waals surface area contributed by atoms with Gasteiger partial charge in [0.2, 0.25) is 5.91 Å². The molecule has 6 nitrogen and oxygen atoms in total. The van der Waals surface area contributed by atoms with Gasteiger partial charge in [-0.3, -0.25) is 14.3 Å². The fourth-order valence-electron chi connectivity index (χ4n) is 1.02. The third-order valence-electron chi connectivity index (χ3n) is 1.88. The predicted molar refractivity (Wildman–Crippen MR) is 57.5 cm³/mol. The van der Waals surface area contributed by atoms with Gasteiger partial charge < -0.3 is 10.4 Å². The van der Waals surface area contributed by atoms with Gasteiger partial charge in [-0.05, 0) is 13.0 Å². The fraction of sp³-hybridized carbons (Fsp3) is 0.300. The van der Waals surface area contributed by atoms with Gasteiger partial charge in [0, 0.05) is 24.9 Å². The van der Waals surface area contributed by atoms with Crippen LogP contribution in [0.25, 0.3) is 6.08 Å². The minimum Gasteiger partial charge on any atom is -0.480 e. The average molecular weight is 223 g/mol. The van der Waals surface area contributed by atoms with E-state index in [9.17, 15) is 9.59 Å². The quantitative estimate of drug-likeness (QED) is 0.705. The van der Waals surface area contributed by atoms with Crippen LogP contribution in [0.2, 0.25) is 0 Å². The molecular weight excluding hydrogens is 210 g/mol. The minimum atomic E-state index is -1.07. The van der Waals surface area contributed by atoms with Crippen LogP contribution in [0.3, 0.4) is 0 Å². The summed E-state index contributed by atoms with van der Waals surface area (Å²) in [6.45, 7) is 1.40. The topological polar surface area (TPSA) is 84.2 Å². The summed E-state index contributed by atoms with van der Waals surface area (Å²) < 4.78 is 1.61. The van der Waals surface area contributed by atoms with Crippen molar-refractivity contribution in [3.8, 4) is 0 Å². The van der Waals surface area contributed by atoms with Crippen molar-refractivity contribution in [2.24, 2.45) is 7.05 Å². The Balaban J connectivity index is 2.51. The second-order valence-corrected chi connectivity index (χ2v) is 3.35. The molecule has 1 atom stereocenters. The van der Waals surface area contributed by atoms with Gasteiger partial charge in [0.1, 0.15) is 6.04 Å². The highest BCUT2D eigenvalue weighted by Gasteiger charge is 2.11. The Hall–Kier alpha value is -2.11. The number of carbonyl (C=O) groups is 2. The second-order valence-electron chi connectivity index (χ2n) is 3.35. The molecule has 1 amide bonds. The third kappa shape index (κ3) is 3.56. The number of carboxylic acid groups (broad SMARTS) is 1. The van der Waals surface area contributed by atoms with Gasteiger partial charge in [0.25, 0.3) is 0 Å². The Bertz CT molecular complexity index is 423. The van der Waals surface area contributed by atoms with E-state index in [0.717, 1.165) is 5.56 Å². The van der Waals surface area contributed by atoms with Crippen LogP contribution in [-0.4, -0.2) is 32.8 Å². The lowest BCUT2D eigenvalue weighted by molar-refractivity contribution is -0.140. The average Bonchev–Trinajstić information content (AvgIpc) is 2.61. The highest BCUT2D eigenvalue weighted by molar-refractivity contribution is 5.94. The molecule has 2 N–H and O–H groups in total. The van der Waals surface area contributed by atoms with Crippen LogP contribution < -0.4 is 5.32 Å². The van der Waals surface area contributed by atoms with Crippen LogP contribution in [0.4, 0.5) is 0 Å². The number of aliphatic carboxylic acids is 1. The van der Waals surface area contributed by atoms with E-state index in [1.807, 2.05) is 0 Å². The molecule has 0 saturated heterocycles. The van der Waals surface area contributed by atoms with E-state index in [4.69, 9.17) is 5.11 Å². The van der Waals surface area contributed by atoms with Crippen molar-refractivity contribution in [3.05, 3.63) is 24.0 Å². The molecule has 0 spiro atoms. The Morgan fingerprint density at radius 1 is 1.62 bits per heavy atom. The van der Waals surface area contributed by atoms with Crippen molar-refractivity contribution < 1.29 is 14.7 Å². The molecule has 0 radical (unpaired) electrons. The molecule has 16 heavy (non-hydrogen) atoms. The van der Waals surface area contributed by atoms with Crippen LogP contribution >= 0.6 is 0 Å². The summed E-state index contributed by atoms with van der Waals surface area (Å²) in [5.41, 5.74) is 0.778. The number of hydrogen-bond donors (Lipinski definition) is 2. The molecule has 1 aromatic heterocycles. The van der Waals surface area contributed by atoms with Crippen LogP contribution in [0.15, 0.2) is 18.5 Å². The summed E-state index contributed by atoms with van der Waals surface area (Å²) in [6.07, 6.45) is 6.18. The summed E-state index contributed by atoms with van der Waals surface area (Å²) >= 11 is 0. The predicted octanol–water partition coefficient (Wildman–Crippen LogP) is 0.0226. The Kier molecular flexibility index (Phi) is 3.82. The van der Waals surface area contributed by atoms with Crippen LogP contribution in [0, 0.1) is 0 Å². The number of amides is 1. The maximum absolute atomic E-state index is 11.2. The first-order valence-electron chi connectivity index (χ1n) is 4.69. The number of aryl methyl sites for hydroxylation is 1. The zero-order valence-electron chi connectivity index (χ0n) is 9.04. The van der Waals surface area contributed by atoms with Crippen LogP contribution in [0.5, 0.6) is 0 Å². The van der Waals surface area contributed by atoms with Gasteiger partial charge in [-0.15, -0.1) is 0 Å². The van der Waals surface area contributed by atoms with E-state index < -0.39 is 17.9 Å². The lowest BCUT2D eigenvalue weighted by Gasteiger charge is -2.05. The van der Waals surface area contributed by atoms with Crippen molar-refractivity contribution in [1.29, 1.82) is 0 Å². The third-order valence-corrected chi connectivity index (χ3v) is 1.88. The van der Waals surface area contributed by atoms with Crippen molar-refractivity contribution in [1.82, 2.24) is 15.1 Å². The van der Waals surface area contributed by atoms with Crippen LogP contribution in [-0.2, 0) is 16.6 Å². The number of rotatable bonds is 4. The van der Waals surface area contributed by atoms with E-state index in [-0.39, 0.29) is 0 Å². The molecule has 0 unspecified atom stereocenters. The number of carbonyl (C=O) groups excluding carboxylic acids is 1. The number of nitrogens with zero attached hydrogens (tertiary/aromatic N) is 2. The second kappa shape index (κ2) is 5.11. The zero-order chi connectivity index (χ0) is 12.1. The molecule has 0 aromatic carbocycles. The molecule has 6 heteroatoms. The SMILES string of the molecule is C[C@@H](NC(=O)C=Cc1cnn(C)c1)C(=O)O. The molecule has 0 fully saturated rings. The highest BCUT2D eigenvalue weighted by atomic mass is 16.4. The lowest BCUT2D eigenvalue weighted by Crippen LogP contribution is -2.37.